The Balaban J connectivity index is 2.65. The molecule has 1 aromatic rings. The van der Waals surface area contributed by atoms with Crippen LogP contribution < -0.4 is 0 Å². The Bertz CT molecular complexity index is 319. The third-order valence-electron chi connectivity index (χ3n) is 2.08. The van der Waals surface area contributed by atoms with Gasteiger partial charge in [0.1, 0.15) is 5.15 Å². The molecule has 1 heterocycles. The minimum absolute atomic E-state index is 0.525. The first-order valence-electron chi connectivity index (χ1n) is 4.38. The second-order valence-electron chi connectivity index (χ2n) is 3.12. The van der Waals surface area contributed by atoms with E-state index in [-0.39, 0.29) is 0 Å². The fourth-order valence-corrected chi connectivity index (χ4v) is 1.17. The van der Waals surface area contributed by atoms with Crippen molar-refractivity contribution in [1.29, 1.82) is 0 Å². The van der Waals surface area contributed by atoms with Crippen LogP contribution in [0.25, 0.3) is 0 Å². The van der Waals surface area contributed by atoms with Crippen LogP contribution in [0.5, 0.6) is 0 Å². The lowest BCUT2D eigenvalue weighted by molar-refractivity contribution is 0.496. The van der Waals surface area contributed by atoms with Crippen LogP contribution in [0.15, 0.2) is 23.3 Å². The van der Waals surface area contributed by atoms with Gasteiger partial charge in [0.25, 0.3) is 0 Å². The molecule has 0 atom stereocenters. The largest absolute Gasteiger partial charge is 0.359 e. The highest BCUT2D eigenvalue weighted by Crippen LogP contribution is 2.07. The average Bonchev–Trinajstić information content (AvgIpc) is 2.20. The molecule has 0 aliphatic carbocycles. The van der Waals surface area contributed by atoms with E-state index in [4.69, 9.17) is 11.6 Å². The van der Waals surface area contributed by atoms with Crippen LogP contribution in [0, 0.1) is 0 Å². The van der Waals surface area contributed by atoms with Crippen molar-refractivity contribution in [3.05, 3.63) is 29.0 Å². The first kappa shape index (κ1) is 11.0. The number of aliphatic imine (C=N–C) groups is 1. The molecule has 0 aromatic carbocycles. The van der Waals surface area contributed by atoms with Crippen LogP contribution >= 0.6 is 11.6 Å². The van der Waals surface area contributed by atoms with Crippen LogP contribution in [0.4, 0.5) is 0 Å². The zero-order valence-electron chi connectivity index (χ0n) is 8.66. The molecule has 0 N–H and O–H groups in total. The van der Waals surface area contributed by atoms with Crippen molar-refractivity contribution in [3.8, 4) is 0 Å². The number of halogens is 1. The maximum Gasteiger partial charge on any atom is 0.129 e. The number of hydrogen-bond donors (Lipinski definition) is 0. The molecule has 1 aromatic heterocycles. The summed E-state index contributed by atoms with van der Waals surface area (Å²) in [6.07, 6.45) is 1.78. The number of hydrogen-bond acceptors (Lipinski definition) is 2. The summed E-state index contributed by atoms with van der Waals surface area (Å²) in [7, 11) is 3.78. The highest BCUT2D eigenvalue weighted by atomic mass is 35.5. The predicted molar refractivity (Wildman–Crippen MR) is 59.7 cm³/mol. The minimum atomic E-state index is 0.525. The second kappa shape index (κ2) is 4.96. The molecule has 0 unspecified atom stereocenters. The van der Waals surface area contributed by atoms with E-state index in [0.29, 0.717) is 5.15 Å². The van der Waals surface area contributed by atoms with Crippen molar-refractivity contribution in [3.63, 3.8) is 0 Å². The Kier molecular flexibility index (Phi) is 3.89. The molecule has 0 saturated heterocycles. The lowest BCUT2D eigenvalue weighted by Gasteiger charge is -2.17. The number of rotatable bonds is 2. The second-order valence-corrected chi connectivity index (χ2v) is 3.50. The van der Waals surface area contributed by atoms with Crippen LogP contribution in [-0.4, -0.2) is 29.8 Å². The van der Waals surface area contributed by atoms with Crippen molar-refractivity contribution in [1.82, 2.24) is 9.88 Å². The van der Waals surface area contributed by atoms with E-state index in [2.05, 4.69) is 14.9 Å². The zero-order valence-corrected chi connectivity index (χ0v) is 9.41. The van der Waals surface area contributed by atoms with E-state index in [0.717, 1.165) is 17.9 Å². The van der Waals surface area contributed by atoms with Crippen LogP contribution in [0.1, 0.15) is 12.5 Å². The summed E-state index contributed by atoms with van der Waals surface area (Å²) in [6.45, 7) is 2.77. The standard InChI is InChI=1S/C10H14ClN3/c1-8(12-2)14(3)7-9-4-5-10(11)13-6-9/h4-6H,7H2,1-3H3. The minimum Gasteiger partial charge on any atom is -0.359 e. The maximum atomic E-state index is 5.69. The molecule has 4 heteroatoms. The van der Waals surface area contributed by atoms with Crippen molar-refractivity contribution >= 4 is 17.4 Å². The first-order chi connectivity index (χ1) is 6.63. The Hall–Kier alpha value is -1.09. The van der Waals surface area contributed by atoms with Gasteiger partial charge in [-0.25, -0.2) is 4.98 Å². The Morgan fingerprint density at radius 3 is 2.79 bits per heavy atom. The quantitative estimate of drug-likeness (QED) is 0.426. The Labute approximate surface area is 89.4 Å². The monoisotopic (exact) mass is 211 g/mol. The molecule has 76 valence electrons. The Morgan fingerprint density at radius 2 is 2.29 bits per heavy atom. The molecule has 1 rings (SSSR count). The molecular weight excluding hydrogens is 198 g/mol. The van der Waals surface area contributed by atoms with Gasteiger partial charge in [0.15, 0.2) is 0 Å². The van der Waals surface area contributed by atoms with Gasteiger partial charge in [0.05, 0.1) is 5.84 Å². The number of aromatic nitrogens is 1. The van der Waals surface area contributed by atoms with Crippen LogP contribution in [-0.2, 0) is 6.54 Å². The molecule has 0 aliphatic rings. The van der Waals surface area contributed by atoms with E-state index in [9.17, 15) is 0 Å². The molecule has 0 spiro atoms. The molecule has 0 saturated carbocycles. The van der Waals surface area contributed by atoms with Gasteiger partial charge in [-0.3, -0.25) is 4.99 Å². The SMILES string of the molecule is CN=C(C)N(C)Cc1ccc(Cl)nc1. The third kappa shape index (κ3) is 3.00. The summed E-state index contributed by atoms with van der Waals surface area (Å²) in [6, 6.07) is 3.76. The molecule has 0 radical (unpaired) electrons. The number of pyridine rings is 1. The van der Waals surface area contributed by atoms with Crippen molar-refractivity contribution in [2.75, 3.05) is 14.1 Å². The van der Waals surface area contributed by atoms with Gasteiger partial charge >= 0.3 is 0 Å². The molecule has 14 heavy (non-hydrogen) atoms. The summed E-state index contributed by atoms with van der Waals surface area (Å²) in [4.78, 5) is 10.2. The molecular formula is C10H14ClN3. The summed E-state index contributed by atoms with van der Waals surface area (Å²) in [5.41, 5.74) is 1.12. The van der Waals surface area contributed by atoms with Gasteiger partial charge in [0.2, 0.25) is 0 Å². The normalized spacial score (nSPS) is 11.6. The van der Waals surface area contributed by atoms with Gasteiger partial charge in [-0.2, -0.15) is 0 Å². The topological polar surface area (TPSA) is 28.5 Å². The van der Waals surface area contributed by atoms with Crippen molar-refractivity contribution in [2.24, 2.45) is 4.99 Å². The summed E-state index contributed by atoms with van der Waals surface area (Å²) in [5.74, 6) is 1.000. The molecule has 0 bridgehead atoms. The number of nitrogens with zero attached hydrogens (tertiary/aromatic N) is 3. The highest BCUT2D eigenvalue weighted by Gasteiger charge is 2.01. The van der Waals surface area contributed by atoms with Crippen LogP contribution in [0.3, 0.4) is 0 Å². The van der Waals surface area contributed by atoms with Crippen molar-refractivity contribution < 1.29 is 0 Å². The van der Waals surface area contributed by atoms with Crippen LogP contribution in [0.2, 0.25) is 5.15 Å². The fourth-order valence-electron chi connectivity index (χ4n) is 1.06. The molecule has 0 amide bonds. The van der Waals surface area contributed by atoms with Gasteiger partial charge in [-0.05, 0) is 18.6 Å². The summed E-state index contributed by atoms with van der Waals surface area (Å²) >= 11 is 5.69. The first-order valence-corrected chi connectivity index (χ1v) is 4.76. The average molecular weight is 212 g/mol. The van der Waals surface area contributed by atoms with Crippen molar-refractivity contribution in [2.45, 2.75) is 13.5 Å². The smallest absolute Gasteiger partial charge is 0.129 e. The predicted octanol–water partition coefficient (Wildman–Crippen LogP) is 2.21. The van der Waals surface area contributed by atoms with Gasteiger partial charge in [-0.15, -0.1) is 0 Å². The van der Waals surface area contributed by atoms with E-state index in [1.54, 1.807) is 19.3 Å². The summed E-state index contributed by atoms with van der Waals surface area (Å²) in [5, 5.41) is 0.525. The van der Waals surface area contributed by atoms with Gasteiger partial charge in [0, 0.05) is 26.8 Å². The highest BCUT2D eigenvalue weighted by molar-refractivity contribution is 6.29. The zero-order chi connectivity index (χ0) is 10.6. The number of amidine groups is 1. The van der Waals surface area contributed by atoms with E-state index >= 15 is 0 Å². The lowest BCUT2D eigenvalue weighted by Crippen LogP contribution is -2.23. The van der Waals surface area contributed by atoms with Gasteiger partial charge in [-0.1, -0.05) is 17.7 Å². The van der Waals surface area contributed by atoms with E-state index in [1.807, 2.05) is 20.0 Å². The Morgan fingerprint density at radius 1 is 1.57 bits per heavy atom. The summed E-state index contributed by atoms with van der Waals surface area (Å²) < 4.78 is 0. The molecule has 0 fully saturated rings. The fraction of sp³-hybridized carbons (Fsp3) is 0.400. The van der Waals surface area contributed by atoms with E-state index < -0.39 is 0 Å². The third-order valence-corrected chi connectivity index (χ3v) is 2.31. The lowest BCUT2D eigenvalue weighted by atomic mass is 10.3. The molecule has 3 nitrogen and oxygen atoms in total. The van der Waals surface area contributed by atoms with Gasteiger partial charge < -0.3 is 4.90 Å². The molecule has 0 aliphatic heterocycles. The van der Waals surface area contributed by atoms with E-state index in [1.165, 1.54) is 0 Å². The maximum absolute atomic E-state index is 5.69.